The van der Waals surface area contributed by atoms with E-state index >= 15 is 0 Å². The number of methoxy groups -OCH3 is 1. The molecule has 1 aliphatic heterocycles. The quantitative estimate of drug-likeness (QED) is 0.592. The fraction of sp³-hybridized carbons (Fsp3) is 0.423. The van der Waals surface area contributed by atoms with Gasteiger partial charge in [0.15, 0.2) is 11.5 Å². The van der Waals surface area contributed by atoms with Gasteiger partial charge in [-0.3, -0.25) is 4.79 Å². The molecule has 8 nitrogen and oxygen atoms in total. The molecule has 2 aromatic rings. The maximum Gasteiger partial charge on any atom is 0.316 e. The van der Waals surface area contributed by atoms with E-state index in [0.29, 0.717) is 24.4 Å². The lowest BCUT2D eigenvalue weighted by atomic mass is 9.89. The highest BCUT2D eigenvalue weighted by Gasteiger charge is 2.30. The van der Waals surface area contributed by atoms with Gasteiger partial charge in [0.25, 0.3) is 0 Å². The predicted octanol–water partition coefficient (Wildman–Crippen LogP) is 4.67. The molecule has 1 unspecified atom stereocenters. The van der Waals surface area contributed by atoms with Crippen molar-refractivity contribution in [3.8, 4) is 11.5 Å². The SMILES string of the molecule is CCC1CC(=O)N(Cc2ccc(NC(N)=O)cc2)N=C1c1ccc(OC)c(OC2CCCC2)c1. The summed E-state index contributed by atoms with van der Waals surface area (Å²) in [6, 6.07) is 12.5. The minimum atomic E-state index is -0.616. The molecular formula is C26H32N4O4. The number of urea groups is 1. The van der Waals surface area contributed by atoms with Crippen molar-refractivity contribution >= 4 is 23.3 Å². The van der Waals surface area contributed by atoms with Gasteiger partial charge in [-0.25, -0.2) is 9.80 Å². The molecule has 0 radical (unpaired) electrons. The van der Waals surface area contributed by atoms with E-state index in [1.165, 1.54) is 17.9 Å². The van der Waals surface area contributed by atoms with Gasteiger partial charge < -0.3 is 20.5 Å². The fourth-order valence-corrected chi connectivity index (χ4v) is 4.56. The van der Waals surface area contributed by atoms with Crippen molar-refractivity contribution in [2.45, 2.75) is 58.1 Å². The number of anilines is 1. The fourth-order valence-electron chi connectivity index (χ4n) is 4.56. The van der Waals surface area contributed by atoms with Crippen LogP contribution in [0.2, 0.25) is 0 Å². The normalized spacial score (nSPS) is 18.5. The van der Waals surface area contributed by atoms with Crippen molar-refractivity contribution in [2.24, 2.45) is 16.8 Å². The summed E-state index contributed by atoms with van der Waals surface area (Å²) in [6.45, 7) is 2.42. The van der Waals surface area contributed by atoms with Gasteiger partial charge in [0.05, 0.1) is 25.5 Å². The molecule has 0 aromatic heterocycles. The lowest BCUT2D eigenvalue weighted by molar-refractivity contribution is -0.133. The average Bonchev–Trinajstić information content (AvgIpc) is 3.34. The molecule has 0 bridgehead atoms. The van der Waals surface area contributed by atoms with Gasteiger partial charge in [-0.1, -0.05) is 19.1 Å². The van der Waals surface area contributed by atoms with Crippen molar-refractivity contribution in [3.05, 3.63) is 53.6 Å². The Hall–Kier alpha value is -3.55. The number of amides is 3. The van der Waals surface area contributed by atoms with Crippen LogP contribution >= 0.6 is 0 Å². The number of ether oxygens (including phenoxy) is 2. The minimum absolute atomic E-state index is 0.00845. The summed E-state index contributed by atoms with van der Waals surface area (Å²) in [5, 5.41) is 8.86. The van der Waals surface area contributed by atoms with Gasteiger partial charge in [-0.2, -0.15) is 5.10 Å². The zero-order chi connectivity index (χ0) is 24.1. The largest absolute Gasteiger partial charge is 0.493 e. The Morgan fingerprint density at radius 2 is 1.88 bits per heavy atom. The van der Waals surface area contributed by atoms with Crippen LogP contribution in [0.3, 0.4) is 0 Å². The molecule has 0 saturated heterocycles. The topological polar surface area (TPSA) is 106 Å². The third-order valence-corrected chi connectivity index (χ3v) is 6.43. The number of hydrogen-bond acceptors (Lipinski definition) is 5. The second-order valence-electron chi connectivity index (χ2n) is 8.82. The first-order valence-corrected chi connectivity index (χ1v) is 11.9. The second kappa shape index (κ2) is 10.6. The van der Waals surface area contributed by atoms with Gasteiger partial charge in [-0.15, -0.1) is 0 Å². The van der Waals surface area contributed by atoms with Gasteiger partial charge in [0.1, 0.15) is 0 Å². The van der Waals surface area contributed by atoms with Crippen molar-refractivity contribution < 1.29 is 19.1 Å². The van der Waals surface area contributed by atoms with Crippen molar-refractivity contribution in [3.63, 3.8) is 0 Å². The third kappa shape index (κ3) is 5.50. The van der Waals surface area contributed by atoms with E-state index in [-0.39, 0.29) is 17.9 Å². The molecule has 2 aromatic carbocycles. The van der Waals surface area contributed by atoms with Crippen LogP contribution in [-0.2, 0) is 11.3 Å². The average molecular weight is 465 g/mol. The Morgan fingerprint density at radius 1 is 1.15 bits per heavy atom. The van der Waals surface area contributed by atoms with E-state index in [1.54, 1.807) is 19.2 Å². The summed E-state index contributed by atoms with van der Waals surface area (Å²) in [4.78, 5) is 23.9. The van der Waals surface area contributed by atoms with E-state index < -0.39 is 6.03 Å². The van der Waals surface area contributed by atoms with Gasteiger partial charge >= 0.3 is 6.03 Å². The first kappa shape index (κ1) is 23.6. The first-order chi connectivity index (χ1) is 16.5. The monoisotopic (exact) mass is 464 g/mol. The summed E-state index contributed by atoms with van der Waals surface area (Å²) in [7, 11) is 1.65. The molecule has 2 aliphatic rings. The summed E-state index contributed by atoms with van der Waals surface area (Å²) in [5.41, 5.74) is 8.50. The number of carbonyl (C=O) groups excluding carboxylic acids is 2. The third-order valence-electron chi connectivity index (χ3n) is 6.43. The highest BCUT2D eigenvalue weighted by Crippen LogP contribution is 2.34. The lowest BCUT2D eigenvalue weighted by Crippen LogP contribution is -2.36. The number of hydrogen-bond donors (Lipinski definition) is 2. The summed E-state index contributed by atoms with van der Waals surface area (Å²) in [6.07, 6.45) is 5.92. The van der Waals surface area contributed by atoms with Crippen molar-refractivity contribution in [2.75, 3.05) is 12.4 Å². The molecule has 34 heavy (non-hydrogen) atoms. The maximum absolute atomic E-state index is 12.9. The minimum Gasteiger partial charge on any atom is -0.493 e. The van der Waals surface area contributed by atoms with Crippen LogP contribution in [0, 0.1) is 5.92 Å². The molecule has 4 rings (SSSR count). The van der Waals surface area contributed by atoms with Crippen LogP contribution in [0.25, 0.3) is 0 Å². The van der Waals surface area contributed by atoms with E-state index in [2.05, 4.69) is 12.2 Å². The Kier molecular flexibility index (Phi) is 7.35. The summed E-state index contributed by atoms with van der Waals surface area (Å²) >= 11 is 0. The molecule has 1 aliphatic carbocycles. The molecule has 0 spiro atoms. The van der Waals surface area contributed by atoms with E-state index in [9.17, 15) is 9.59 Å². The van der Waals surface area contributed by atoms with Crippen molar-refractivity contribution in [1.82, 2.24) is 5.01 Å². The Labute approximate surface area is 200 Å². The lowest BCUT2D eigenvalue weighted by Gasteiger charge is -2.29. The zero-order valence-corrected chi connectivity index (χ0v) is 19.8. The van der Waals surface area contributed by atoms with E-state index in [0.717, 1.165) is 41.9 Å². The van der Waals surface area contributed by atoms with Crippen LogP contribution in [0.5, 0.6) is 11.5 Å². The summed E-state index contributed by atoms with van der Waals surface area (Å²) < 4.78 is 11.8. The van der Waals surface area contributed by atoms with Gasteiger partial charge in [0, 0.05) is 23.6 Å². The number of nitrogens with zero attached hydrogens (tertiary/aromatic N) is 2. The molecule has 1 atom stereocenters. The van der Waals surface area contributed by atoms with Crippen LogP contribution in [-0.4, -0.2) is 35.9 Å². The Morgan fingerprint density at radius 3 is 2.53 bits per heavy atom. The number of nitrogens with two attached hydrogens (primary N) is 1. The number of benzene rings is 2. The van der Waals surface area contributed by atoms with E-state index in [4.69, 9.17) is 20.3 Å². The van der Waals surface area contributed by atoms with Gasteiger partial charge in [0.2, 0.25) is 5.91 Å². The molecule has 1 heterocycles. The molecular weight excluding hydrogens is 432 g/mol. The molecule has 180 valence electrons. The number of primary amides is 1. The number of rotatable bonds is 8. The van der Waals surface area contributed by atoms with Crippen LogP contribution < -0.4 is 20.5 Å². The van der Waals surface area contributed by atoms with Crippen LogP contribution in [0.1, 0.15) is 56.6 Å². The van der Waals surface area contributed by atoms with Gasteiger partial charge in [-0.05, 0) is 68.0 Å². The molecule has 1 fully saturated rings. The number of carbonyl (C=O) groups is 2. The molecule has 3 amide bonds. The molecule has 3 N–H and O–H groups in total. The standard InChI is InChI=1S/C26H32N4O4/c1-3-18-15-24(31)30(16-17-8-11-20(12-9-17)28-26(27)32)29-25(18)19-10-13-22(33-2)23(14-19)34-21-6-4-5-7-21/h8-14,18,21H,3-7,15-16H2,1-2H3,(H3,27,28,32). The zero-order valence-electron chi connectivity index (χ0n) is 19.8. The maximum atomic E-state index is 12.9. The number of nitrogens with one attached hydrogen (secondary N) is 1. The Bertz CT molecular complexity index is 1060. The van der Waals surface area contributed by atoms with Crippen LogP contribution in [0.15, 0.2) is 47.6 Å². The molecule has 8 heteroatoms. The highest BCUT2D eigenvalue weighted by molar-refractivity contribution is 6.06. The smallest absolute Gasteiger partial charge is 0.316 e. The predicted molar refractivity (Wildman–Crippen MR) is 131 cm³/mol. The van der Waals surface area contributed by atoms with Crippen molar-refractivity contribution in [1.29, 1.82) is 0 Å². The number of hydrazone groups is 1. The first-order valence-electron chi connectivity index (χ1n) is 11.9. The molecule has 1 saturated carbocycles. The second-order valence-corrected chi connectivity index (χ2v) is 8.82. The highest BCUT2D eigenvalue weighted by atomic mass is 16.5. The van der Waals surface area contributed by atoms with Crippen LogP contribution in [0.4, 0.5) is 10.5 Å². The summed E-state index contributed by atoms with van der Waals surface area (Å²) in [5.74, 6) is 1.47. The van der Waals surface area contributed by atoms with E-state index in [1.807, 2.05) is 30.3 Å². The Balaban J connectivity index is 1.59.